The molecule has 0 aliphatic carbocycles. The molecule has 2 N–H and O–H groups in total. The lowest BCUT2D eigenvalue weighted by Crippen LogP contribution is -2.39. The van der Waals surface area contributed by atoms with E-state index in [-0.39, 0.29) is 6.54 Å². The van der Waals surface area contributed by atoms with Gasteiger partial charge in [0.15, 0.2) is 0 Å². The van der Waals surface area contributed by atoms with Crippen LogP contribution in [0.3, 0.4) is 0 Å². The number of furan rings is 1. The summed E-state index contributed by atoms with van der Waals surface area (Å²) in [6, 6.07) is 3.65. The smallest absolute Gasteiger partial charge is 0.394 e. The molecule has 1 heterocycles. The molecular formula is C11H15NO4. The average molecular weight is 225 g/mol. The van der Waals surface area contributed by atoms with Gasteiger partial charge >= 0.3 is 11.9 Å². The van der Waals surface area contributed by atoms with E-state index in [1.807, 2.05) is 32.9 Å². The van der Waals surface area contributed by atoms with Gasteiger partial charge in [0.25, 0.3) is 0 Å². The first kappa shape index (κ1) is 12.3. The first-order valence-corrected chi connectivity index (χ1v) is 4.91. The van der Waals surface area contributed by atoms with Gasteiger partial charge in [-0.25, -0.2) is 4.79 Å². The van der Waals surface area contributed by atoms with Crippen LogP contribution in [0.15, 0.2) is 16.5 Å². The molecule has 1 aromatic heterocycles. The summed E-state index contributed by atoms with van der Waals surface area (Å²) in [5.74, 6) is -0.980. The molecule has 0 atom stereocenters. The highest BCUT2D eigenvalue weighted by Crippen LogP contribution is 2.24. The van der Waals surface area contributed by atoms with E-state index in [9.17, 15) is 9.59 Å². The van der Waals surface area contributed by atoms with E-state index in [1.54, 1.807) is 0 Å². The summed E-state index contributed by atoms with van der Waals surface area (Å²) in [6.45, 7) is 5.78. The number of carbonyl (C=O) groups is 2. The Labute approximate surface area is 93.4 Å². The number of hydrogen-bond donors (Lipinski definition) is 2. The van der Waals surface area contributed by atoms with Crippen LogP contribution in [-0.4, -0.2) is 23.5 Å². The van der Waals surface area contributed by atoms with Crippen LogP contribution in [0.1, 0.15) is 25.4 Å². The SMILES string of the molecule is Cc1ccc(C(C)(C)CNC(=O)C(=O)O)o1. The highest BCUT2D eigenvalue weighted by atomic mass is 16.4. The first-order chi connectivity index (χ1) is 7.33. The fourth-order valence-corrected chi connectivity index (χ4v) is 1.26. The second-order valence-corrected chi connectivity index (χ2v) is 4.28. The number of aliphatic carboxylic acids is 1. The van der Waals surface area contributed by atoms with Gasteiger partial charge in [0.2, 0.25) is 0 Å². The molecule has 16 heavy (non-hydrogen) atoms. The van der Waals surface area contributed by atoms with E-state index >= 15 is 0 Å². The van der Waals surface area contributed by atoms with Gasteiger partial charge in [-0.05, 0) is 19.1 Å². The summed E-state index contributed by atoms with van der Waals surface area (Å²) >= 11 is 0. The minimum atomic E-state index is -1.48. The molecular weight excluding hydrogens is 210 g/mol. The number of carboxylic acid groups (broad SMARTS) is 1. The van der Waals surface area contributed by atoms with Crippen molar-refractivity contribution in [2.45, 2.75) is 26.2 Å². The van der Waals surface area contributed by atoms with E-state index in [2.05, 4.69) is 5.32 Å². The van der Waals surface area contributed by atoms with E-state index in [1.165, 1.54) is 0 Å². The first-order valence-electron chi connectivity index (χ1n) is 4.91. The Morgan fingerprint density at radius 3 is 2.50 bits per heavy atom. The highest BCUT2D eigenvalue weighted by molar-refractivity contribution is 6.31. The zero-order valence-corrected chi connectivity index (χ0v) is 9.53. The number of amides is 1. The Hall–Kier alpha value is -1.78. The minimum Gasteiger partial charge on any atom is -0.474 e. The number of rotatable bonds is 3. The van der Waals surface area contributed by atoms with Crippen LogP contribution in [-0.2, 0) is 15.0 Å². The lowest BCUT2D eigenvalue weighted by molar-refractivity contribution is -0.150. The lowest BCUT2D eigenvalue weighted by atomic mass is 9.90. The maximum absolute atomic E-state index is 10.9. The zero-order valence-electron chi connectivity index (χ0n) is 9.53. The largest absolute Gasteiger partial charge is 0.474 e. The topological polar surface area (TPSA) is 79.5 Å². The quantitative estimate of drug-likeness (QED) is 0.754. The average Bonchev–Trinajstić information content (AvgIpc) is 2.61. The molecule has 0 spiro atoms. The third-order valence-electron chi connectivity index (χ3n) is 2.29. The number of hydrogen-bond acceptors (Lipinski definition) is 3. The second-order valence-electron chi connectivity index (χ2n) is 4.28. The summed E-state index contributed by atoms with van der Waals surface area (Å²) in [5.41, 5.74) is -0.431. The molecule has 0 saturated carbocycles. The van der Waals surface area contributed by atoms with Crippen molar-refractivity contribution in [1.82, 2.24) is 5.32 Å². The van der Waals surface area contributed by atoms with Crippen molar-refractivity contribution in [3.05, 3.63) is 23.7 Å². The summed E-state index contributed by atoms with van der Waals surface area (Å²) in [5, 5.41) is 10.7. The molecule has 88 valence electrons. The van der Waals surface area contributed by atoms with Gasteiger partial charge in [-0.15, -0.1) is 0 Å². The number of aryl methyl sites for hydroxylation is 1. The third-order valence-corrected chi connectivity index (χ3v) is 2.29. The van der Waals surface area contributed by atoms with Gasteiger partial charge in [-0.3, -0.25) is 4.79 Å². The van der Waals surface area contributed by atoms with Gasteiger partial charge in [0.05, 0.1) is 0 Å². The van der Waals surface area contributed by atoms with Crippen molar-refractivity contribution in [3.8, 4) is 0 Å². The number of carbonyl (C=O) groups excluding carboxylic acids is 1. The van der Waals surface area contributed by atoms with Crippen LogP contribution in [0.4, 0.5) is 0 Å². The van der Waals surface area contributed by atoms with Crippen LogP contribution in [0.25, 0.3) is 0 Å². The van der Waals surface area contributed by atoms with E-state index in [0.29, 0.717) is 0 Å². The van der Waals surface area contributed by atoms with Crippen molar-refractivity contribution < 1.29 is 19.1 Å². The summed E-state index contributed by atoms with van der Waals surface area (Å²) in [4.78, 5) is 21.2. The molecule has 5 nitrogen and oxygen atoms in total. The summed E-state index contributed by atoms with van der Waals surface area (Å²) in [6.07, 6.45) is 0. The minimum absolute atomic E-state index is 0.213. The molecule has 0 aromatic carbocycles. The van der Waals surface area contributed by atoms with Crippen molar-refractivity contribution in [3.63, 3.8) is 0 Å². The fourth-order valence-electron chi connectivity index (χ4n) is 1.26. The van der Waals surface area contributed by atoms with Gasteiger partial charge < -0.3 is 14.8 Å². The molecule has 0 fully saturated rings. The molecule has 1 amide bonds. The van der Waals surface area contributed by atoms with Crippen molar-refractivity contribution in [2.24, 2.45) is 0 Å². The molecule has 0 bridgehead atoms. The van der Waals surface area contributed by atoms with Crippen LogP contribution in [0.5, 0.6) is 0 Å². The number of nitrogens with one attached hydrogen (secondary N) is 1. The predicted octanol–water partition coefficient (Wildman–Crippen LogP) is 1.07. The summed E-state index contributed by atoms with van der Waals surface area (Å²) in [7, 11) is 0. The van der Waals surface area contributed by atoms with Crippen molar-refractivity contribution in [2.75, 3.05) is 6.54 Å². The van der Waals surface area contributed by atoms with Gasteiger partial charge in [-0.1, -0.05) is 13.8 Å². The standard InChI is InChI=1S/C11H15NO4/c1-7-4-5-8(16-7)11(2,3)6-12-9(13)10(14)15/h4-5H,6H2,1-3H3,(H,12,13)(H,14,15). The fraction of sp³-hybridized carbons (Fsp3) is 0.455. The van der Waals surface area contributed by atoms with Crippen molar-refractivity contribution >= 4 is 11.9 Å². The molecule has 0 unspecified atom stereocenters. The molecule has 1 rings (SSSR count). The normalized spacial score (nSPS) is 11.2. The van der Waals surface area contributed by atoms with Gasteiger partial charge in [-0.2, -0.15) is 0 Å². The second kappa shape index (κ2) is 4.38. The lowest BCUT2D eigenvalue weighted by Gasteiger charge is -2.21. The Morgan fingerprint density at radius 1 is 1.44 bits per heavy atom. The van der Waals surface area contributed by atoms with Gasteiger partial charge in [0, 0.05) is 12.0 Å². The Kier molecular flexibility index (Phi) is 3.37. The van der Waals surface area contributed by atoms with Gasteiger partial charge in [0.1, 0.15) is 11.5 Å². The monoisotopic (exact) mass is 225 g/mol. The molecule has 0 aliphatic heterocycles. The molecule has 0 saturated heterocycles. The highest BCUT2D eigenvalue weighted by Gasteiger charge is 2.26. The predicted molar refractivity (Wildman–Crippen MR) is 57.1 cm³/mol. The maximum Gasteiger partial charge on any atom is 0.394 e. The van der Waals surface area contributed by atoms with Crippen LogP contribution < -0.4 is 5.32 Å². The van der Waals surface area contributed by atoms with Crippen LogP contribution in [0.2, 0.25) is 0 Å². The van der Waals surface area contributed by atoms with Crippen molar-refractivity contribution in [1.29, 1.82) is 0 Å². The van der Waals surface area contributed by atoms with Crippen LogP contribution in [0, 0.1) is 6.92 Å². The molecule has 5 heteroatoms. The maximum atomic E-state index is 10.9. The summed E-state index contributed by atoms with van der Waals surface area (Å²) < 4.78 is 5.44. The Morgan fingerprint density at radius 2 is 2.06 bits per heavy atom. The Bertz CT molecular complexity index is 406. The Balaban J connectivity index is 2.65. The molecule has 0 aliphatic rings. The van der Waals surface area contributed by atoms with E-state index in [4.69, 9.17) is 9.52 Å². The molecule has 0 radical (unpaired) electrons. The van der Waals surface area contributed by atoms with Crippen LogP contribution >= 0.6 is 0 Å². The van der Waals surface area contributed by atoms with E-state index in [0.717, 1.165) is 11.5 Å². The zero-order chi connectivity index (χ0) is 12.3. The molecule has 1 aromatic rings. The van der Waals surface area contributed by atoms with E-state index < -0.39 is 17.3 Å². The number of carboxylic acids is 1. The third kappa shape index (κ3) is 2.85.